The third-order valence-electron chi connectivity index (χ3n) is 4.15. The maximum atomic E-state index is 6.30. The molecular weight excluding hydrogens is 406 g/mol. The molecule has 5 rings (SSSR count). The predicted octanol–water partition coefficient (Wildman–Crippen LogP) is 3.15. The number of rotatable bonds is 2. The topological polar surface area (TPSA) is 66.3 Å². The number of hydrogen-bond donors (Lipinski definition) is 0. The van der Waals surface area contributed by atoms with E-state index in [0.29, 0.717) is 24.1 Å². The molecule has 25 heavy (non-hydrogen) atoms. The predicted molar refractivity (Wildman–Crippen MR) is 95.7 cm³/mol. The van der Waals surface area contributed by atoms with Crippen LogP contribution in [0.5, 0.6) is 0 Å². The quantitative estimate of drug-likeness (QED) is 0.443. The summed E-state index contributed by atoms with van der Waals surface area (Å²) in [5, 5.41) is 9.36. The van der Waals surface area contributed by atoms with E-state index in [9.17, 15) is 0 Å². The van der Waals surface area contributed by atoms with Crippen molar-refractivity contribution in [2.75, 3.05) is 0 Å². The van der Waals surface area contributed by atoms with Gasteiger partial charge in [-0.25, -0.2) is 14.6 Å². The first-order valence-corrected chi connectivity index (χ1v) is 8.79. The second-order valence-electron chi connectivity index (χ2n) is 5.73. The third kappa shape index (κ3) is 2.40. The molecule has 1 aromatic carbocycles. The average molecular weight is 417 g/mol. The van der Waals surface area contributed by atoms with Gasteiger partial charge < -0.3 is 0 Å². The molecular formula is C16H11BrClN7. The lowest BCUT2D eigenvalue weighted by Crippen LogP contribution is -2.07. The minimum Gasteiger partial charge on any atom is -0.299 e. The largest absolute Gasteiger partial charge is 0.299 e. The smallest absolute Gasteiger partial charge is 0.172 e. The van der Waals surface area contributed by atoms with Crippen LogP contribution >= 0.6 is 27.5 Å². The van der Waals surface area contributed by atoms with Gasteiger partial charge in [0.2, 0.25) is 0 Å². The fraction of sp³-hybridized carbons (Fsp3) is 0.125. The Morgan fingerprint density at radius 3 is 3.04 bits per heavy atom. The number of benzene rings is 1. The minimum atomic E-state index is 0.478. The van der Waals surface area contributed by atoms with Crippen LogP contribution in [0.25, 0.3) is 17.1 Å². The zero-order valence-electron chi connectivity index (χ0n) is 12.8. The number of halogens is 2. The van der Waals surface area contributed by atoms with Crippen molar-refractivity contribution in [1.29, 1.82) is 0 Å². The van der Waals surface area contributed by atoms with Gasteiger partial charge in [0.15, 0.2) is 16.8 Å². The van der Waals surface area contributed by atoms with Crippen molar-refractivity contribution in [3.63, 3.8) is 0 Å². The second-order valence-corrected chi connectivity index (χ2v) is 7.00. The molecule has 9 heteroatoms. The average Bonchev–Trinajstić information content (AvgIpc) is 3.30. The zero-order valence-corrected chi connectivity index (χ0v) is 15.2. The summed E-state index contributed by atoms with van der Waals surface area (Å²) in [5.41, 5.74) is 2.84. The van der Waals surface area contributed by atoms with Crippen molar-refractivity contribution in [3.8, 4) is 17.1 Å². The molecule has 0 fully saturated rings. The number of nitrogens with zero attached hydrogens (tertiary/aromatic N) is 7. The van der Waals surface area contributed by atoms with Crippen LogP contribution < -0.4 is 0 Å². The molecule has 124 valence electrons. The Balaban J connectivity index is 1.70. The van der Waals surface area contributed by atoms with Crippen molar-refractivity contribution < 1.29 is 0 Å². The van der Waals surface area contributed by atoms with Gasteiger partial charge in [0.05, 0.1) is 17.9 Å². The molecule has 0 radical (unpaired) electrons. The molecule has 0 amide bonds. The van der Waals surface area contributed by atoms with Crippen LogP contribution in [0.15, 0.2) is 47.5 Å². The fourth-order valence-corrected chi connectivity index (χ4v) is 3.60. The Bertz CT molecular complexity index is 1080. The van der Waals surface area contributed by atoms with Crippen molar-refractivity contribution >= 4 is 27.5 Å². The van der Waals surface area contributed by atoms with Crippen LogP contribution in [-0.2, 0) is 13.1 Å². The van der Waals surface area contributed by atoms with Gasteiger partial charge in [-0.05, 0) is 24.3 Å². The lowest BCUT2D eigenvalue weighted by atomic mass is 10.1. The molecule has 0 saturated heterocycles. The van der Waals surface area contributed by atoms with Crippen LogP contribution in [0.1, 0.15) is 11.5 Å². The van der Waals surface area contributed by atoms with E-state index >= 15 is 0 Å². The Morgan fingerprint density at radius 2 is 2.20 bits per heavy atom. The summed E-state index contributed by atoms with van der Waals surface area (Å²) in [7, 11) is 0. The minimum absolute atomic E-state index is 0.478. The molecule has 3 aromatic heterocycles. The molecule has 0 spiro atoms. The summed E-state index contributed by atoms with van der Waals surface area (Å²) in [5.74, 6) is 1.51. The normalized spacial score (nSPS) is 12.4. The molecule has 0 unspecified atom stereocenters. The highest BCUT2D eigenvalue weighted by atomic mass is 79.9. The molecule has 1 aliphatic heterocycles. The van der Waals surface area contributed by atoms with Gasteiger partial charge in [-0.1, -0.05) is 27.5 Å². The molecule has 0 saturated carbocycles. The van der Waals surface area contributed by atoms with Gasteiger partial charge in [-0.2, -0.15) is 10.2 Å². The SMILES string of the molecule is Clc1ncn2c1Cn1nc(Cn3cccn3)nc1-c1cc(Br)ccc1-2. The Morgan fingerprint density at radius 1 is 1.28 bits per heavy atom. The van der Waals surface area contributed by atoms with Gasteiger partial charge in [0, 0.05) is 22.4 Å². The first kappa shape index (κ1) is 14.9. The number of hydrogen-bond acceptors (Lipinski definition) is 4. The van der Waals surface area contributed by atoms with Gasteiger partial charge in [-0.15, -0.1) is 0 Å². The highest BCUT2D eigenvalue weighted by molar-refractivity contribution is 9.10. The van der Waals surface area contributed by atoms with Gasteiger partial charge >= 0.3 is 0 Å². The van der Waals surface area contributed by atoms with Gasteiger partial charge in [0.25, 0.3) is 0 Å². The van der Waals surface area contributed by atoms with E-state index in [0.717, 1.165) is 27.2 Å². The molecule has 7 nitrogen and oxygen atoms in total. The first-order chi connectivity index (χ1) is 12.2. The monoisotopic (exact) mass is 415 g/mol. The van der Waals surface area contributed by atoms with E-state index in [1.807, 2.05) is 39.7 Å². The van der Waals surface area contributed by atoms with Crippen LogP contribution in [0, 0.1) is 0 Å². The van der Waals surface area contributed by atoms with E-state index < -0.39 is 0 Å². The number of imidazole rings is 1. The number of aromatic nitrogens is 7. The van der Waals surface area contributed by atoms with E-state index in [1.54, 1.807) is 17.2 Å². The fourth-order valence-electron chi connectivity index (χ4n) is 3.04. The summed E-state index contributed by atoms with van der Waals surface area (Å²) < 4.78 is 6.64. The summed E-state index contributed by atoms with van der Waals surface area (Å²) in [6.07, 6.45) is 5.37. The molecule has 0 aliphatic carbocycles. The lowest BCUT2D eigenvalue weighted by molar-refractivity contribution is 0.622. The lowest BCUT2D eigenvalue weighted by Gasteiger charge is -2.08. The molecule has 4 heterocycles. The van der Waals surface area contributed by atoms with E-state index in [-0.39, 0.29) is 0 Å². The first-order valence-electron chi connectivity index (χ1n) is 7.62. The van der Waals surface area contributed by atoms with Crippen molar-refractivity contribution in [1.82, 2.24) is 34.1 Å². The number of fused-ring (bicyclic) bond motifs is 5. The maximum Gasteiger partial charge on any atom is 0.172 e. The highest BCUT2D eigenvalue weighted by Crippen LogP contribution is 2.34. The summed E-state index contributed by atoms with van der Waals surface area (Å²) >= 11 is 9.85. The highest BCUT2D eigenvalue weighted by Gasteiger charge is 2.24. The van der Waals surface area contributed by atoms with E-state index in [4.69, 9.17) is 16.6 Å². The Hall–Kier alpha value is -2.45. The van der Waals surface area contributed by atoms with E-state index in [1.165, 1.54) is 0 Å². The third-order valence-corrected chi connectivity index (χ3v) is 4.96. The summed E-state index contributed by atoms with van der Waals surface area (Å²) in [6.45, 7) is 1.02. The van der Waals surface area contributed by atoms with Crippen molar-refractivity contribution in [2.45, 2.75) is 13.1 Å². The van der Waals surface area contributed by atoms with Crippen LogP contribution in [0.3, 0.4) is 0 Å². The van der Waals surface area contributed by atoms with Crippen molar-refractivity contribution in [2.24, 2.45) is 0 Å². The molecule has 1 aliphatic rings. The van der Waals surface area contributed by atoms with Gasteiger partial charge in [0.1, 0.15) is 12.9 Å². The van der Waals surface area contributed by atoms with Crippen LogP contribution in [0.2, 0.25) is 5.15 Å². The Labute approximate surface area is 156 Å². The van der Waals surface area contributed by atoms with Crippen LogP contribution in [-0.4, -0.2) is 34.1 Å². The van der Waals surface area contributed by atoms with Crippen LogP contribution in [0.4, 0.5) is 0 Å². The summed E-state index contributed by atoms with van der Waals surface area (Å²) in [4.78, 5) is 9.00. The maximum absolute atomic E-state index is 6.30. The van der Waals surface area contributed by atoms with E-state index in [2.05, 4.69) is 31.1 Å². The van der Waals surface area contributed by atoms with Gasteiger partial charge in [-0.3, -0.25) is 9.25 Å². The zero-order chi connectivity index (χ0) is 17.0. The molecule has 0 N–H and O–H groups in total. The Kier molecular flexibility index (Phi) is 3.29. The summed E-state index contributed by atoms with van der Waals surface area (Å²) in [6, 6.07) is 7.94. The van der Waals surface area contributed by atoms with Crippen molar-refractivity contribution in [3.05, 3.63) is 64.1 Å². The standard InChI is InChI=1S/C16H11BrClN7/c17-10-2-3-12-11(6-10)16-21-14(8-23-5-1-4-20-23)22-25(16)7-13-15(18)19-9-24(12)13/h1-6,9H,7-8H2. The molecule has 4 aromatic rings. The second kappa shape index (κ2) is 5.53. The molecule has 0 atom stereocenters. The molecule has 0 bridgehead atoms.